The Bertz CT molecular complexity index is 1110. The second-order valence-corrected chi connectivity index (χ2v) is 6.70. The summed E-state index contributed by atoms with van der Waals surface area (Å²) < 4.78 is 13.8. The van der Waals surface area contributed by atoms with Crippen molar-refractivity contribution < 1.29 is 14.3 Å². The molecule has 0 saturated heterocycles. The van der Waals surface area contributed by atoms with E-state index in [1.165, 1.54) is 9.13 Å². The Balaban J connectivity index is 1.79. The van der Waals surface area contributed by atoms with Crippen LogP contribution >= 0.6 is 0 Å². The number of H-pyrrole nitrogens is 1. The third-order valence-electron chi connectivity index (χ3n) is 4.57. The minimum Gasteiger partial charge on any atom is -0.479 e. The van der Waals surface area contributed by atoms with Crippen molar-refractivity contribution >= 4 is 17.1 Å². The van der Waals surface area contributed by atoms with Gasteiger partial charge in [0, 0.05) is 13.6 Å². The van der Waals surface area contributed by atoms with Crippen LogP contribution in [0.15, 0.2) is 39.9 Å². The number of nitrogens with zero attached hydrogens (tertiary/aromatic N) is 3. The highest BCUT2D eigenvalue weighted by Crippen LogP contribution is 2.14. The maximum atomic E-state index is 12.3. The topological polar surface area (TPSA) is 108 Å². The summed E-state index contributed by atoms with van der Waals surface area (Å²) in [5.74, 6) is 0.367. The molecule has 154 valence electrons. The number of rotatable bonds is 8. The average molecular weight is 400 g/mol. The Morgan fingerprint density at radius 1 is 1.24 bits per heavy atom. The minimum absolute atomic E-state index is 0.145. The molecule has 0 radical (unpaired) electrons. The van der Waals surface area contributed by atoms with E-state index in [0.29, 0.717) is 18.1 Å². The van der Waals surface area contributed by atoms with Crippen molar-refractivity contribution in [1.82, 2.24) is 19.1 Å². The lowest BCUT2D eigenvalue weighted by Gasteiger charge is -2.13. The molecule has 0 bridgehead atoms. The van der Waals surface area contributed by atoms with Gasteiger partial charge >= 0.3 is 11.7 Å². The summed E-state index contributed by atoms with van der Waals surface area (Å²) in [6.07, 6.45) is 0.859. The summed E-state index contributed by atoms with van der Waals surface area (Å²) in [5, 5.41) is 0. The monoisotopic (exact) mass is 400 g/mol. The fourth-order valence-electron chi connectivity index (χ4n) is 2.95. The fourth-order valence-corrected chi connectivity index (χ4v) is 2.95. The number of hydrogen-bond donors (Lipinski definition) is 1. The molecule has 0 fully saturated rings. The molecule has 0 spiro atoms. The normalized spacial score (nSPS) is 12.1. The van der Waals surface area contributed by atoms with Crippen LogP contribution in [0, 0.1) is 0 Å². The zero-order valence-corrected chi connectivity index (χ0v) is 16.7. The van der Waals surface area contributed by atoms with Gasteiger partial charge in [0.25, 0.3) is 5.56 Å². The molecule has 1 atom stereocenters. The second-order valence-electron chi connectivity index (χ2n) is 6.70. The number of aromatic nitrogens is 4. The lowest BCUT2D eigenvalue weighted by molar-refractivity contribution is -0.152. The molecule has 29 heavy (non-hydrogen) atoms. The summed E-state index contributed by atoms with van der Waals surface area (Å²) in [6, 6.07) is 8.96. The van der Waals surface area contributed by atoms with Gasteiger partial charge in [-0.05, 0) is 25.5 Å². The number of fused-ring (bicyclic) bond motifs is 1. The van der Waals surface area contributed by atoms with Crippen LogP contribution < -0.4 is 16.0 Å². The van der Waals surface area contributed by atoms with Gasteiger partial charge in [0.2, 0.25) is 0 Å². The Labute approximate surface area is 166 Å². The van der Waals surface area contributed by atoms with Crippen LogP contribution in [0.5, 0.6) is 5.75 Å². The Hall–Kier alpha value is -3.36. The van der Waals surface area contributed by atoms with Gasteiger partial charge in [0.15, 0.2) is 17.3 Å². The van der Waals surface area contributed by atoms with Crippen molar-refractivity contribution in [2.45, 2.75) is 45.9 Å². The molecular weight excluding hydrogens is 376 g/mol. The third kappa shape index (κ3) is 4.39. The SMILES string of the molecule is CCCCn1c(=O)[nH]c(=O)c2c1nc(COC(=O)C(C)Oc1ccccc1)n2C. The van der Waals surface area contributed by atoms with Gasteiger partial charge in [0.1, 0.15) is 18.2 Å². The summed E-state index contributed by atoms with van der Waals surface area (Å²) in [5.41, 5.74) is -0.469. The van der Waals surface area contributed by atoms with E-state index in [4.69, 9.17) is 9.47 Å². The maximum Gasteiger partial charge on any atom is 0.347 e. The van der Waals surface area contributed by atoms with Crippen LogP contribution in [-0.2, 0) is 29.7 Å². The van der Waals surface area contributed by atoms with Gasteiger partial charge in [-0.25, -0.2) is 14.6 Å². The molecule has 0 saturated carbocycles. The smallest absolute Gasteiger partial charge is 0.347 e. The van der Waals surface area contributed by atoms with E-state index in [1.54, 1.807) is 26.1 Å². The van der Waals surface area contributed by atoms with Gasteiger partial charge in [0.05, 0.1) is 0 Å². The molecule has 9 heteroatoms. The number of hydrogen-bond acceptors (Lipinski definition) is 6. The quantitative estimate of drug-likeness (QED) is 0.577. The molecule has 2 aromatic heterocycles. The first-order valence-electron chi connectivity index (χ1n) is 9.49. The van der Waals surface area contributed by atoms with E-state index in [0.717, 1.165) is 12.8 Å². The third-order valence-corrected chi connectivity index (χ3v) is 4.57. The number of carbonyl (C=O) groups is 1. The van der Waals surface area contributed by atoms with Crippen molar-refractivity contribution in [3.8, 4) is 5.75 Å². The Morgan fingerprint density at radius 3 is 2.66 bits per heavy atom. The van der Waals surface area contributed by atoms with Crippen LogP contribution in [0.4, 0.5) is 0 Å². The standard InChI is InChI=1S/C20H24N4O5/c1-4-5-11-24-17-16(18(25)22-20(24)27)23(3)15(21-17)12-28-19(26)13(2)29-14-9-7-6-8-10-14/h6-10,13H,4-5,11-12H2,1-3H3,(H,22,25,27). The second kappa shape index (κ2) is 8.76. The van der Waals surface area contributed by atoms with Crippen molar-refractivity contribution in [3.63, 3.8) is 0 Å². The fraction of sp³-hybridized carbons (Fsp3) is 0.400. The zero-order chi connectivity index (χ0) is 21.0. The molecule has 1 unspecified atom stereocenters. The van der Waals surface area contributed by atoms with Gasteiger partial charge in [-0.1, -0.05) is 31.5 Å². The number of aryl methyl sites for hydroxylation is 2. The number of benzene rings is 1. The molecule has 2 heterocycles. The minimum atomic E-state index is -0.807. The Kier molecular flexibility index (Phi) is 6.16. The summed E-state index contributed by atoms with van der Waals surface area (Å²) in [6.45, 7) is 3.90. The number of nitrogens with one attached hydrogen (secondary N) is 1. The lowest BCUT2D eigenvalue weighted by atomic mass is 10.3. The number of ether oxygens (including phenoxy) is 2. The van der Waals surface area contributed by atoms with E-state index in [9.17, 15) is 14.4 Å². The predicted octanol–water partition coefficient (Wildman–Crippen LogP) is 1.73. The van der Waals surface area contributed by atoms with Gasteiger partial charge in [-0.15, -0.1) is 0 Å². The van der Waals surface area contributed by atoms with Crippen LogP contribution in [-0.4, -0.2) is 31.2 Å². The van der Waals surface area contributed by atoms with Crippen molar-refractivity contribution in [1.29, 1.82) is 0 Å². The summed E-state index contributed by atoms with van der Waals surface area (Å²) >= 11 is 0. The lowest BCUT2D eigenvalue weighted by Crippen LogP contribution is -2.31. The summed E-state index contributed by atoms with van der Waals surface area (Å²) in [4.78, 5) is 43.4. The summed E-state index contributed by atoms with van der Waals surface area (Å²) in [7, 11) is 1.65. The van der Waals surface area contributed by atoms with E-state index in [1.807, 2.05) is 25.1 Å². The number of unbranched alkanes of at least 4 members (excludes halogenated alkanes) is 1. The van der Waals surface area contributed by atoms with Gasteiger partial charge in [-0.3, -0.25) is 14.3 Å². The molecule has 1 aromatic carbocycles. The molecular formula is C20H24N4O5. The molecule has 1 N–H and O–H groups in total. The predicted molar refractivity (Wildman–Crippen MR) is 107 cm³/mol. The first-order valence-corrected chi connectivity index (χ1v) is 9.49. The number of esters is 1. The van der Waals surface area contributed by atoms with Gasteiger partial charge < -0.3 is 14.0 Å². The van der Waals surface area contributed by atoms with E-state index in [-0.39, 0.29) is 17.8 Å². The van der Waals surface area contributed by atoms with Crippen LogP contribution in [0.25, 0.3) is 11.2 Å². The van der Waals surface area contributed by atoms with E-state index >= 15 is 0 Å². The molecule has 0 amide bonds. The molecule has 0 aliphatic rings. The van der Waals surface area contributed by atoms with Crippen molar-refractivity contribution in [2.24, 2.45) is 7.05 Å². The highest BCUT2D eigenvalue weighted by molar-refractivity contribution is 5.75. The molecule has 0 aliphatic heterocycles. The van der Waals surface area contributed by atoms with Crippen molar-refractivity contribution in [3.05, 3.63) is 57.0 Å². The number of aromatic amines is 1. The van der Waals surface area contributed by atoms with Gasteiger partial charge in [-0.2, -0.15) is 0 Å². The largest absolute Gasteiger partial charge is 0.479 e. The maximum absolute atomic E-state index is 12.3. The molecule has 0 aliphatic carbocycles. The first kappa shape index (κ1) is 20.4. The number of para-hydroxylation sites is 1. The molecule has 9 nitrogen and oxygen atoms in total. The van der Waals surface area contributed by atoms with Crippen molar-refractivity contribution in [2.75, 3.05) is 0 Å². The highest BCUT2D eigenvalue weighted by atomic mass is 16.6. The van der Waals surface area contributed by atoms with E-state index in [2.05, 4.69) is 9.97 Å². The number of imidazole rings is 1. The average Bonchev–Trinajstić information content (AvgIpc) is 3.03. The van der Waals surface area contributed by atoms with E-state index < -0.39 is 23.3 Å². The molecule has 3 rings (SSSR count). The highest BCUT2D eigenvalue weighted by Gasteiger charge is 2.20. The first-order chi connectivity index (χ1) is 13.9. The van der Waals surface area contributed by atoms with Crippen LogP contribution in [0.2, 0.25) is 0 Å². The molecule has 3 aromatic rings. The zero-order valence-electron chi connectivity index (χ0n) is 16.7. The van der Waals surface area contributed by atoms with Crippen LogP contribution in [0.1, 0.15) is 32.5 Å². The Morgan fingerprint density at radius 2 is 1.97 bits per heavy atom. The van der Waals surface area contributed by atoms with Crippen LogP contribution in [0.3, 0.4) is 0 Å². The number of carbonyl (C=O) groups excluding carboxylic acids is 1.